The normalized spacial score (nSPS) is 10.8. The zero-order valence-corrected chi connectivity index (χ0v) is 10.9. The number of hydrogen-bond acceptors (Lipinski definition) is 3. The van der Waals surface area contributed by atoms with Crippen LogP contribution in [0.5, 0.6) is 11.5 Å². The quantitative estimate of drug-likeness (QED) is 0.778. The van der Waals surface area contributed by atoms with Gasteiger partial charge in [-0.1, -0.05) is 18.2 Å². The van der Waals surface area contributed by atoms with Gasteiger partial charge in [-0.3, -0.25) is 0 Å². The van der Waals surface area contributed by atoms with Crippen molar-refractivity contribution in [3.63, 3.8) is 0 Å². The Hall–Kier alpha value is -1.74. The van der Waals surface area contributed by atoms with Crippen molar-refractivity contribution in [3.05, 3.63) is 48.4 Å². The molecule has 18 heavy (non-hydrogen) atoms. The van der Waals surface area contributed by atoms with Crippen LogP contribution >= 0.6 is 0 Å². The van der Waals surface area contributed by atoms with Crippen LogP contribution < -0.4 is 4.74 Å². The van der Waals surface area contributed by atoms with Gasteiger partial charge in [-0.05, 0) is 39.2 Å². The van der Waals surface area contributed by atoms with Gasteiger partial charge in [0.1, 0.15) is 17.8 Å². The molecular weight excluding hydrogens is 226 g/mol. The van der Waals surface area contributed by atoms with E-state index < -0.39 is 0 Å². The van der Waals surface area contributed by atoms with Crippen LogP contribution in [0.3, 0.4) is 0 Å². The fourth-order valence-electron chi connectivity index (χ4n) is 1.74. The number of ether oxygens (including phenoxy) is 1. The Balaban J connectivity index is 1.86. The maximum atomic E-state index is 5.68. The Morgan fingerprint density at radius 3 is 2.61 bits per heavy atom. The van der Waals surface area contributed by atoms with E-state index in [-0.39, 0.29) is 0 Å². The fourth-order valence-corrected chi connectivity index (χ4v) is 1.74. The Morgan fingerprint density at radius 2 is 1.89 bits per heavy atom. The zero-order chi connectivity index (χ0) is 12.8. The molecule has 2 aromatic rings. The molecule has 1 aromatic carbocycles. The van der Waals surface area contributed by atoms with E-state index in [1.54, 1.807) is 6.26 Å². The Labute approximate surface area is 108 Å². The lowest BCUT2D eigenvalue weighted by atomic mass is 10.2. The molecule has 3 nitrogen and oxygen atoms in total. The van der Waals surface area contributed by atoms with Crippen molar-refractivity contribution in [2.24, 2.45) is 0 Å². The SMILES string of the molecule is CN(C)CCCc1cc(Oc2ccccc2)co1. The van der Waals surface area contributed by atoms with Crippen LogP contribution in [-0.2, 0) is 6.42 Å². The van der Waals surface area contributed by atoms with E-state index in [9.17, 15) is 0 Å². The minimum absolute atomic E-state index is 0.765. The van der Waals surface area contributed by atoms with E-state index in [4.69, 9.17) is 9.15 Å². The first-order chi connectivity index (χ1) is 8.74. The average molecular weight is 245 g/mol. The number of benzene rings is 1. The van der Waals surface area contributed by atoms with E-state index in [0.717, 1.165) is 36.6 Å². The molecule has 0 saturated carbocycles. The topological polar surface area (TPSA) is 25.6 Å². The smallest absolute Gasteiger partial charge is 0.165 e. The standard InChI is InChI=1S/C15H19NO2/c1-16(2)10-6-9-14-11-15(12-17-14)18-13-7-4-3-5-8-13/h3-5,7-8,11-12H,6,9-10H2,1-2H3. The van der Waals surface area contributed by atoms with Crippen LogP contribution in [0.2, 0.25) is 0 Å². The lowest BCUT2D eigenvalue weighted by Crippen LogP contribution is -2.13. The molecule has 2 rings (SSSR count). The summed E-state index contributed by atoms with van der Waals surface area (Å²) in [6, 6.07) is 11.7. The summed E-state index contributed by atoms with van der Waals surface area (Å²) >= 11 is 0. The molecule has 0 aliphatic rings. The molecule has 0 unspecified atom stereocenters. The van der Waals surface area contributed by atoms with Crippen molar-refractivity contribution in [3.8, 4) is 11.5 Å². The van der Waals surface area contributed by atoms with Crippen molar-refractivity contribution in [1.29, 1.82) is 0 Å². The summed E-state index contributed by atoms with van der Waals surface area (Å²) in [5, 5.41) is 0. The van der Waals surface area contributed by atoms with Crippen LogP contribution in [0.4, 0.5) is 0 Å². The van der Waals surface area contributed by atoms with E-state index in [2.05, 4.69) is 19.0 Å². The first-order valence-electron chi connectivity index (χ1n) is 6.19. The lowest BCUT2D eigenvalue weighted by molar-refractivity contribution is 0.389. The van der Waals surface area contributed by atoms with E-state index in [1.807, 2.05) is 36.4 Å². The Morgan fingerprint density at radius 1 is 1.11 bits per heavy atom. The molecule has 0 amide bonds. The summed E-state index contributed by atoms with van der Waals surface area (Å²) in [5.74, 6) is 2.57. The van der Waals surface area contributed by atoms with Gasteiger partial charge in [0, 0.05) is 12.5 Å². The first kappa shape index (κ1) is 12.7. The van der Waals surface area contributed by atoms with Crippen molar-refractivity contribution < 1.29 is 9.15 Å². The summed E-state index contributed by atoms with van der Waals surface area (Å²) in [7, 11) is 4.15. The third-order valence-electron chi connectivity index (χ3n) is 2.64. The molecule has 0 atom stereocenters. The second-order valence-corrected chi connectivity index (χ2v) is 4.57. The molecule has 0 radical (unpaired) electrons. The predicted molar refractivity (Wildman–Crippen MR) is 72.1 cm³/mol. The van der Waals surface area contributed by atoms with E-state index in [0.29, 0.717) is 0 Å². The molecule has 1 aromatic heterocycles. The molecule has 0 N–H and O–H groups in total. The van der Waals surface area contributed by atoms with Gasteiger partial charge in [-0.2, -0.15) is 0 Å². The van der Waals surface area contributed by atoms with Gasteiger partial charge in [-0.25, -0.2) is 0 Å². The minimum Gasteiger partial charge on any atom is -0.465 e. The Kier molecular flexibility index (Phi) is 4.42. The second kappa shape index (κ2) is 6.26. The van der Waals surface area contributed by atoms with Crippen LogP contribution in [0, 0.1) is 0 Å². The predicted octanol–water partition coefficient (Wildman–Crippen LogP) is 3.57. The molecule has 1 heterocycles. The minimum atomic E-state index is 0.765. The zero-order valence-electron chi connectivity index (χ0n) is 10.9. The van der Waals surface area contributed by atoms with Crippen molar-refractivity contribution >= 4 is 0 Å². The van der Waals surface area contributed by atoms with Crippen molar-refractivity contribution in [2.75, 3.05) is 20.6 Å². The summed E-state index contributed by atoms with van der Waals surface area (Å²) in [5.41, 5.74) is 0. The Bertz CT molecular complexity index is 462. The maximum Gasteiger partial charge on any atom is 0.165 e. The largest absolute Gasteiger partial charge is 0.465 e. The van der Waals surface area contributed by atoms with Crippen molar-refractivity contribution in [1.82, 2.24) is 4.90 Å². The molecule has 0 spiro atoms. The fraction of sp³-hybridized carbons (Fsp3) is 0.333. The van der Waals surface area contributed by atoms with Gasteiger partial charge in [0.15, 0.2) is 5.75 Å². The van der Waals surface area contributed by atoms with Gasteiger partial charge in [0.05, 0.1) is 0 Å². The first-order valence-corrected chi connectivity index (χ1v) is 6.19. The maximum absolute atomic E-state index is 5.68. The lowest BCUT2D eigenvalue weighted by Gasteiger charge is -2.07. The summed E-state index contributed by atoms with van der Waals surface area (Å²) < 4.78 is 11.2. The van der Waals surface area contributed by atoms with E-state index in [1.165, 1.54) is 0 Å². The van der Waals surface area contributed by atoms with Crippen LogP contribution in [0.15, 0.2) is 47.1 Å². The monoisotopic (exact) mass is 245 g/mol. The second-order valence-electron chi connectivity index (χ2n) is 4.57. The third kappa shape index (κ3) is 3.93. The highest BCUT2D eigenvalue weighted by atomic mass is 16.5. The average Bonchev–Trinajstić information content (AvgIpc) is 2.78. The molecule has 0 aliphatic heterocycles. The summed E-state index contributed by atoms with van der Waals surface area (Å²) in [6.45, 7) is 1.07. The highest BCUT2D eigenvalue weighted by Gasteiger charge is 2.04. The molecular formula is C15H19NO2. The number of nitrogens with zero attached hydrogens (tertiary/aromatic N) is 1. The molecule has 96 valence electrons. The van der Waals surface area contributed by atoms with Gasteiger partial charge in [0.25, 0.3) is 0 Å². The van der Waals surface area contributed by atoms with Crippen LogP contribution in [0.25, 0.3) is 0 Å². The third-order valence-corrected chi connectivity index (χ3v) is 2.64. The number of furan rings is 1. The molecule has 0 aliphatic carbocycles. The highest BCUT2D eigenvalue weighted by Crippen LogP contribution is 2.23. The van der Waals surface area contributed by atoms with E-state index >= 15 is 0 Å². The number of aryl methyl sites for hydroxylation is 1. The van der Waals surface area contributed by atoms with Crippen LogP contribution in [0.1, 0.15) is 12.2 Å². The summed E-state index contributed by atoms with van der Waals surface area (Å²) in [6.07, 6.45) is 3.69. The molecule has 0 fully saturated rings. The molecule has 0 saturated heterocycles. The van der Waals surface area contributed by atoms with Gasteiger partial charge in [0.2, 0.25) is 0 Å². The molecule has 3 heteroatoms. The number of hydrogen-bond donors (Lipinski definition) is 0. The number of rotatable bonds is 6. The van der Waals surface area contributed by atoms with Crippen molar-refractivity contribution in [2.45, 2.75) is 12.8 Å². The number of para-hydroxylation sites is 1. The molecule has 0 bridgehead atoms. The highest BCUT2D eigenvalue weighted by molar-refractivity contribution is 5.29. The summed E-state index contributed by atoms with van der Waals surface area (Å²) in [4.78, 5) is 2.17. The van der Waals surface area contributed by atoms with Crippen LogP contribution in [-0.4, -0.2) is 25.5 Å². The van der Waals surface area contributed by atoms with Gasteiger partial charge in [-0.15, -0.1) is 0 Å². The van der Waals surface area contributed by atoms with Gasteiger partial charge >= 0.3 is 0 Å². The van der Waals surface area contributed by atoms with Gasteiger partial charge < -0.3 is 14.1 Å².